The first-order valence-corrected chi connectivity index (χ1v) is 5.37. The van der Waals surface area contributed by atoms with Crippen LogP contribution >= 0.6 is 0 Å². The Labute approximate surface area is 86.1 Å². The Kier molecular flexibility index (Phi) is 4.14. The van der Waals surface area contributed by atoms with E-state index in [1.54, 1.807) is 0 Å². The minimum Gasteiger partial charge on any atom is -0.346 e. The zero-order valence-corrected chi connectivity index (χ0v) is 9.38. The fourth-order valence-corrected chi connectivity index (χ4v) is 1.56. The van der Waals surface area contributed by atoms with Crippen molar-refractivity contribution < 1.29 is 0 Å². The van der Waals surface area contributed by atoms with Crippen LogP contribution in [0.3, 0.4) is 0 Å². The molecule has 3 N–H and O–H groups in total. The van der Waals surface area contributed by atoms with E-state index in [1.165, 1.54) is 5.69 Å². The number of aromatic amines is 1. The van der Waals surface area contributed by atoms with Crippen molar-refractivity contribution >= 4 is 0 Å². The highest BCUT2D eigenvalue weighted by Gasteiger charge is 2.09. The Balaban J connectivity index is 2.58. The van der Waals surface area contributed by atoms with Gasteiger partial charge in [0, 0.05) is 17.8 Å². The van der Waals surface area contributed by atoms with E-state index in [-0.39, 0.29) is 0 Å². The molecule has 0 aromatic carbocycles. The van der Waals surface area contributed by atoms with Crippen molar-refractivity contribution in [2.75, 3.05) is 6.54 Å². The molecular formula is C11H21N3. The summed E-state index contributed by atoms with van der Waals surface area (Å²) in [6.07, 6.45) is 4.01. The molecule has 3 heteroatoms. The SMILES string of the molecule is CC(C)Cc1cnc(C(C)CCN)[nH]1. The summed E-state index contributed by atoms with van der Waals surface area (Å²) in [5.74, 6) is 2.19. The molecule has 0 saturated heterocycles. The van der Waals surface area contributed by atoms with Crippen LogP contribution in [0.25, 0.3) is 0 Å². The van der Waals surface area contributed by atoms with Crippen LogP contribution in [0.2, 0.25) is 0 Å². The molecule has 0 aliphatic heterocycles. The van der Waals surface area contributed by atoms with Crippen LogP contribution in [-0.4, -0.2) is 16.5 Å². The van der Waals surface area contributed by atoms with Gasteiger partial charge in [0.25, 0.3) is 0 Å². The second-order valence-corrected chi connectivity index (χ2v) is 4.37. The Hall–Kier alpha value is -0.830. The van der Waals surface area contributed by atoms with Crippen molar-refractivity contribution in [3.05, 3.63) is 17.7 Å². The van der Waals surface area contributed by atoms with Crippen LogP contribution < -0.4 is 5.73 Å². The lowest BCUT2D eigenvalue weighted by atomic mass is 10.1. The number of nitrogens with two attached hydrogens (primary N) is 1. The van der Waals surface area contributed by atoms with E-state index < -0.39 is 0 Å². The zero-order chi connectivity index (χ0) is 10.6. The van der Waals surface area contributed by atoms with Crippen molar-refractivity contribution in [3.63, 3.8) is 0 Å². The third kappa shape index (κ3) is 3.14. The smallest absolute Gasteiger partial charge is 0.109 e. The standard InChI is InChI=1S/C11H21N3/c1-8(2)6-10-7-13-11(14-10)9(3)4-5-12/h7-9H,4-6,12H2,1-3H3,(H,13,14). The van der Waals surface area contributed by atoms with Gasteiger partial charge in [0.1, 0.15) is 5.82 Å². The molecule has 0 saturated carbocycles. The maximum Gasteiger partial charge on any atom is 0.109 e. The number of hydrogen-bond acceptors (Lipinski definition) is 2. The van der Waals surface area contributed by atoms with Crippen LogP contribution in [0.4, 0.5) is 0 Å². The maximum absolute atomic E-state index is 5.51. The van der Waals surface area contributed by atoms with Crippen molar-refractivity contribution in [1.29, 1.82) is 0 Å². The zero-order valence-electron chi connectivity index (χ0n) is 9.38. The first kappa shape index (κ1) is 11.2. The minimum absolute atomic E-state index is 0.445. The van der Waals surface area contributed by atoms with Crippen molar-refractivity contribution in [2.45, 2.75) is 39.5 Å². The molecule has 1 aromatic rings. The first-order valence-electron chi connectivity index (χ1n) is 5.37. The van der Waals surface area contributed by atoms with E-state index in [4.69, 9.17) is 5.73 Å². The van der Waals surface area contributed by atoms with E-state index in [2.05, 4.69) is 30.7 Å². The van der Waals surface area contributed by atoms with Gasteiger partial charge in [0.15, 0.2) is 0 Å². The van der Waals surface area contributed by atoms with Gasteiger partial charge in [-0.3, -0.25) is 0 Å². The molecule has 3 nitrogen and oxygen atoms in total. The number of hydrogen-bond donors (Lipinski definition) is 2. The van der Waals surface area contributed by atoms with Crippen LogP contribution in [0.15, 0.2) is 6.20 Å². The lowest BCUT2D eigenvalue weighted by molar-refractivity contribution is 0.626. The predicted molar refractivity (Wildman–Crippen MR) is 59.2 cm³/mol. The second kappa shape index (κ2) is 5.15. The molecule has 0 amide bonds. The van der Waals surface area contributed by atoms with E-state index in [0.29, 0.717) is 11.8 Å². The topological polar surface area (TPSA) is 54.7 Å². The van der Waals surface area contributed by atoms with Crippen molar-refractivity contribution in [2.24, 2.45) is 11.7 Å². The lowest BCUT2D eigenvalue weighted by Gasteiger charge is -2.06. The molecule has 1 atom stereocenters. The molecule has 1 rings (SSSR count). The summed E-state index contributed by atoms with van der Waals surface area (Å²) in [4.78, 5) is 7.74. The van der Waals surface area contributed by atoms with E-state index in [0.717, 1.165) is 25.2 Å². The van der Waals surface area contributed by atoms with Crippen LogP contribution in [0.5, 0.6) is 0 Å². The molecule has 0 radical (unpaired) electrons. The van der Waals surface area contributed by atoms with Crippen LogP contribution in [0.1, 0.15) is 44.6 Å². The average Bonchev–Trinajstić information content (AvgIpc) is 2.52. The highest BCUT2D eigenvalue weighted by Crippen LogP contribution is 2.15. The number of nitrogens with one attached hydrogen (secondary N) is 1. The Morgan fingerprint density at radius 3 is 2.71 bits per heavy atom. The molecule has 1 aromatic heterocycles. The molecule has 0 fully saturated rings. The van der Waals surface area contributed by atoms with E-state index in [1.807, 2.05) is 6.20 Å². The number of imidazole rings is 1. The largest absolute Gasteiger partial charge is 0.346 e. The fraction of sp³-hybridized carbons (Fsp3) is 0.727. The summed E-state index contributed by atoms with van der Waals surface area (Å²) in [6, 6.07) is 0. The number of rotatable bonds is 5. The van der Waals surface area contributed by atoms with Gasteiger partial charge in [-0.2, -0.15) is 0 Å². The predicted octanol–water partition coefficient (Wildman–Crippen LogP) is 2.06. The average molecular weight is 195 g/mol. The van der Waals surface area contributed by atoms with Crippen LogP contribution in [0, 0.1) is 5.92 Å². The number of aromatic nitrogens is 2. The van der Waals surface area contributed by atoms with Gasteiger partial charge in [0.2, 0.25) is 0 Å². The third-order valence-corrected chi connectivity index (χ3v) is 2.34. The minimum atomic E-state index is 0.445. The maximum atomic E-state index is 5.51. The number of H-pyrrole nitrogens is 1. The van der Waals surface area contributed by atoms with Gasteiger partial charge >= 0.3 is 0 Å². The summed E-state index contributed by atoms with van der Waals surface area (Å²) < 4.78 is 0. The van der Waals surface area contributed by atoms with Gasteiger partial charge in [-0.15, -0.1) is 0 Å². The van der Waals surface area contributed by atoms with Gasteiger partial charge in [0.05, 0.1) is 0 Å². The summed E-state index contributed by atoms with van der Waals surface area (Å²) in [7, 11) is 0. The molecular weight excluding hydrogens is 174 g/mol. The third-order valence-electron chi connectivity index (χ3n) is 2.34. The molecule has 0 aliphatic rings. The van der Waals surface area contributed by atoms with Crippen LogP contribution in [-0.2, 0) is 6.42 Å². The van der Waals surface area contributed by atoms with Crippen molar-refractivity contribution in [3.8, 4) is 0 Å². The normalized spacial score (nSPS) is 13.5. The Morgan fingerprint density at radius 1 is 1.43 bits per heavy atom. The Morgan fingerprint density at radius 2 is 2.14 bits per heavy atom. The summed E-state index contributed by atoms with van der Waals surface area (Å²) in [6.45, 7) is 7.31. The second-order valence-electron chi connectivity index (χ2n) is 4.37. The van der Waals surface area contributed by atoms with Gasteiger partial charge < -0.3 is 10.7 Å². The van der Waals surface area contributed by atoms with Gasteiger partial charge in [-0.05, 0) is 25.3 Å². The summed E-state index contributed by atoms with van der Waals surface area (Å²) in [5, 5.41) is 0. The van der Waals surface area contributed by atoms with E-state index in [9.17, 15) is 0 Å². The van der Waals surface area contributed by atoms with Gasteiger partial charge in [-0.1, -0.05) is 20.8 Å². The molecule has 0 aliphatic carbocycles. The van der Waals surface area contributed by atoms with Crippen molar-refractivity contribution in [1.82, 2.24) is 9.97 Å². The molecule has 0 spiro atoms. The summed E-state index contributed by atoms with van der Waals surface area (Å²) >= 11 is 0. The van der Waals surface area contributed by atoms with E-state index >= 15 is 0 Å². The highest BCUT2D eigenvalue weighted by molar-refractivity contribution is 5.05. The fourth-order valence-electron chi connectivity index (χ4n) is 1.56. The molecule has 80 valence electrons. The first-order chi connectivity index (χ1) is 6.63. The van der Waals surface area contributed by atoms with Gasteiger partial charge in [-0.25, -0.2) is 4.98 Å². The number of nitrogens with zero attached hydrogens (tertiary/aromatic N) is 1. The molecule has 1 heterocycles. The summed E-state index contributed by atoms with van der Waals surface area (Å²) in [5.41, 5.74) is 6.75. The molecule has 0 bridgehead atoms. The molecule has 1 unspecified atom stereocenters. The monoisotopic (exact) mass is 195 g/mol. The molecule has 14 heavy (non-hydrogen) atoms. The lowest BCUT2D eigenvalue weighted by Crippen LogP contribution is -2.06. The highest BCUT2D eigenvalue weighted by atomic mass is 14.9. The Bertz CT molecular complexity index is 265. The quantitative estimate of drug-likeness (QED) is 0.755.